The molecule has 1 aromatic rings. The van der Waals surface area contributed by atoms with E-state index < -0.39 is 0 Å². The third-order valence-corrected chi connectivity index (χ3v) is 3.21. The van der Waals surface area contributed by atoms with Crippen molar-refractivity contribution >= 4 is 5.69 Å². The Labute approximate surface area is 108 Å². The molecule has 1 heterocycles. The first kappa shape index (κ1) is 11.7. The van der Waals surface area contributed by atoms with Crippen molar-refractivity contribution in [2.24, 2.45) is 0 Å². The van der Waals surface area contributed by atoms with Crippen molar-refractivity contribution in [3.63, 3.8) is 0 Å². The van der Waals surface area contributed by atoms with E-state index in [-0.39, 0.29) is 0 Å². The fraction of sp³-hybridized carbons (Fsp3) is 0.571. The van der Waals surface area contributed by atoms with Crippen LogP contribution in [0.3, 0.4) is 0 Å². The Kier molecular flexibility index (Phi) is 3.55. The summed E-state index contributed by atoms with van der Waals surface area (Å²) in [6, 6.07) is 6.83. The van der Waals surface area contributed by atoms with Gasteiger partial charge in [0.15, 0.2) is 11.5 Å². The van der Waals surface area contributed by atoms with Crippen LogP contribution in [-0.4, -0.2) is 32.3 Å². The Hall–Kier alpha value is -1.42. The van der Waals surface area contributed by atoms with Crippen LogP contribution in [-0.2, 0) is 0 Å². The molecule has 1 aliphatic carbocycles. The summed E-state index contributed by atoms with van der Waals surface area (Å²) in [4.78, 5) is 0. The van der Waals surface area contributed by atoms with Gasteiger partial charge in [-0.2, -0.15) is 0 Å². The van der Waals surface area contributed by atoms with Crippen molar-refractivity contribution in [1.82, 2.24) is 5.32 Å². The second-order valence-corrected chi connectivity index (χ2v) is 4.87. The van der Waals surface area contributed by atoms with Crippen LogP contribution in [0.1, 0.15) is 19.3 Å². The van der Waals surface area contributed by atoms with E-state index in [1.54, 1.807) is 0 Å². The molecule has 3 rings (SSSR count). The van der Waals surface area contributed by atoms with Gasteiger partial charge in [0.25, 0.3) is 0 Å². The van der Waals surface area contributed by atoms with E-state index in [2.05, 4.69) is 10.6 Å². The fourth-order valence-electron chi connectivity index (χ4n) is 2.04. The first-order valence-corrected chi connectivity index (χ1v) is 6.79. The summed E-state index contributed by atoms with van der Waals surface area (Å²) >= 11 is 0. The summed E-state index contributed by atoms with van der Waals surface area (Å²) in [6.07, 6.45) is 3.62. The minimum Gasteiger partial charge on any atom is -0.490 e. The van der Waals surface area contributed by atoms with Gasteiger partial charge in [0, 0.05) is 37.3 Å². The van der Waals surface area contributed by atoms with Crippen LogP contribution >= 0.6 is 0 Å². The minimum atomic E-state index is 0.736. The molecule has 0 atom stereocenters. The van der Waals surface area contributed by atoms with Gasteiger partial charge in [0.1, 0.15) is 0 Å². The summed E-state index contributed by atoms with van der Waals surface area (Å²) in [5.41, 5.74) is 1.09. The van der Waals surface area contributed by atoms with Gasteiger partial charge in [-0.3, -0.25) is 0 Å². The highest BCUT2D eigenvalue weighted by molar-refractivity contribution is 5.54. The molecule has 0 saturated heterocycles. The molecule has 18 heavy (non-hydrogen) atoms. The van der Waals surface area contributed by atoms with Crippen LogP contribution in [0.15, 0.2) is 18.2 Å². The zero-order chi connectivity index (χ0) is 12.2. The maximum Gasteiger partial charge on any atom is 0.163 e. The van der Waals surface area contributed by atoms with Crippen LogP contribution < -0.4 is 20.1 Å². The summed E-state index contributed by atoms with van der Waals surface area (Å²) < 4.78 is 11.3. The molecule has 1 fully saturated rings. The van der Waals surface area contributed by atoms with E-state index >= 15 is 0 Å². The third kappa shape index (κ3) is 3.07. The molecule has 4 heteroatoms. The molecule has 0 amide bonds. The Bertz CT molecular complexity index is 405. The molecular weight excluding hydrogens is 228 g/mol. The molecule has 4 nitrogen and oxygen atoms in total. The maximum atomic E-state index is 5.66. The number of benzene rings is 1. The zero-order valence-corrected chi connectivity index (χ0v) is 10.6. The molecule has 1 aliphatic heterocycles. The van der Waals surface area contributed by atoms with Gasteiger partial charge in [0.05, 0.1) is 13.2 Å². The van der Waals surface area contributed by atoms with Gasteiger partial charge < -0.3 is 20.1 Å². The number of nitrogens with one attached hydrogen (secondary N) is 2. The topological polar surface area (TPSA) is 42.5 Å². The van der Waals surface area contributed by atoms with Crippen LogP contribution in [0.5, 0.6) is 11.5 Å². The van der Waals surface area contributed by atoms with E-state index in [9.17, 15) is 0 Å². The smallest absolute Gasteiger partial charge is 0.163 e. The first-order valence-electron chi connectivity index (χ1n) is 6.79. The van der Waals surface area contributed by atoms with E-state index in [1.807, 2.05) is 18.2 Å². The van der Waals surface area contributed by atoms with E-state index in [0.29, 0.717) is 0 Å². The maximum absolute atomic E-state index is 5.66. The second-order valence-electron chi connectivity index (χ2n) is 4.87. The summed E-state index contributed by atoms with van der Waals surface area (Å²) in [6.45, 7) is 3.43. The van der Waals surface area contributed by atoms with Crippen molar-refractivity contribution in [2.75, 3.05) is 31.6 Å². The lowest BCUT2D eigenvalue weighted by molar-refractivity contribution is 0.297. The average molecular weight is 248 g/mol. The van der Waals surface area contributed by atoms with Crippen LogP contribution in [0, 0.1) is 0 Å². The highest BCUT2D eigenvalue weighted by atomic mass is 16.5. The molecule has 98 valence electrons. The lowest BCUT2D eigenvalue weighted by atomic mass is 10.2. The molecule has 1 aromatic carbocycles. The normalized spacial score (nSPS) is 18.2. The lowest BCUT2D eigenvalue weighted by Crippen LogP contribution is -2.23. The summed E-state index contributed by atoms with van der Waals surface area (Å²) in [7, 11) is 0. The minimum absolute atomic E-state index is 0.736. The number of fused-ring (bicyclic) bond motifs is 1. The Balaban J connectivity index is 1.53. The quantitative estimate of drug-likeness (QED) is 0.782. The molecule has 0 bridgehead atoms. The number of anilines is 1. The van der Waals surface area contributed by atoms with Gasteiger partial charge in [-0.05, 0) is 25.0 Å². The number of hydrogen-bond donors (Lipinski definition) is 2. The highest BCUT2D eigenvalue weighted by Crippen LogP contribution is 2.32. The van der Waals surface area contributed by atoms with Gasteiger partial charge in [-0.1, -0.05) is 0 Å². The number of hydrogen-bond acceptors (Lipinski definition) is 4. The zero-order valence-electron chi connectivity index (χ0n) is 10.6. The largest absolute Gasteiger partial charge is 0.490 e. The molecular formula is C14H20N2O2. The van der Waals surface area contributed by atoms with Gasteiger partial charge in [0.2, 0.25) is 0 Å². The first-order chi connectivity index (χ1) is 8.92. The van der Waals surface area contributed by atoms with Crippen LogP contribution in [0.4, 0.5) is 5.69 Å². The number of ether oxygens (including phenoxy) is 2. The van der Waals surface area contributed by atoms with Crippen molar-refractivity contribution < 1.29 is 9.47 Å². The predicted octanol–water partition coefficient (Wildman–Crippen LogP) is 2.01. The lowest BCUT2D eigenvalue weighted by Gasteiger charge is -2.11. The van der Waals surface area contributed by atoms with Gasteiger partial charge in [-0.15, -0.1) is 0 Å². The van der Waals surface area contributed by atoms with E-state index in [1.165, 1.54) is 12.8 Å². The molecule has 1 saturated carbocycles. The van der Waals surface area contributed by atoms with E-state index in [4.69, 9.17) is 9.47 Å². The Morgan fingerprint density at radius 3 is 2.72 bits per heavy atom. The summed E-state index contributed by atoms with van der Waals surface area (Å²) in [5, 5.41) is 6.88. The number of rotatable bonds is 5. The highest BCUT2D eigenvalue weighted by Gasteiger charge is 2.19. The van der Waals surface area contributed by atoms with Crippen molar-refractivity contribution in [3.05, 3.63) is 18.2 Å². The Morgan fingerprint density at radius 1 is 1.06 bits per heavy atom. The predicted molar refractivity (Wildman–Crippen MR) is 71.6 cm³/mol. The van der Waals surface area contributed by atoms with Crippen LogP contribution in [0.25, 0.3) is 0 Å². The van der Waals surface area contributed by atoms with Crippen molar-refractivity contribution in [1.29, 1.82) is 0 Å². The SMILES string of the molecule is c1cc2c(cc1NCCNC1CC1)OCCCO2. The van der Waals surface area contributed by atoms with Crippen LogP contribution in [0.2, 0.25) is 0 Å². The molecule has 0 aromatic heterocycles. The Morgan fingerprint density at radius 2 is 1.89 bits per heavy atom. The van der Waals surface area contributed by atoms with Crippen molar-refractivity contribution in [3.8, 4) is 11.5 Å². The van der Waals surface area contributed by atoms with E-state index in [0.717, 1.165) is 56.0 Å². The molecule has 0 spiro atoms. The summed E-state index contributed by atoms with van der Waals surface area (Å²) in [5.74, 6) is 1.71. The van der Waals surface area contributed by atoms with Gasteiger partial charge in [-0.25, -0.2) is 0 Å². The third-order valence-electron chi connectivity index (χ3n) is 3.21. The molecule has 2 aliphatic rings. The average Bonchev–Trinajstić information content (AvgIpc) is 3.21. The molecule has 2 N–H and O–H groups in total. The van der Waals surface area contributed by atoms with Crippen molar-refractivity contribution in [2.45, 2.75) is 25.3 Å². The molecule has 0 unspecified atom stereocenters. The fourth-order valence-corrected chi connectivity index (χ4v) is 2.04. The molecule has 0 radical (unpaired) electrons. The monoisotopic (exact) mass is 248 g/mol. The second kappa shape index (κ2) is 5.48. The van der Waals surface area contributed by atoms with Gasteiger partial charge >= 0.3 is 0 Å². The standard InChI is InChI=1S/C14H20N2O2/c1-8-17-13-5-4-12(10-14(13)18-9-1)16-7-6-15-11-2-3-11/h4-5,10-11,15-16H,1-3,6-9H2.